The molecular formula is C14H11BrCl2N2O2. The molecule has 0 spiro atoms. The molecule has 0 bridgehead atoms. The molecule has 0 radical (unpaired) electrons. The fraction of sp³-hybridized carbons (Fsp3) is 0.143. The van der Waals surface area contributed by atoms with Crippen LogP contribution in [0.1, 0.15) is 22.8 Å². The van der Waals surface area contributed by atoms with Gasteiger partial charge in [0.05, 0.1) is 16.4 Å². The summed E-state index contributed by atoms with van der Waals surface area (Å²) in [5.41, 5.74) is 1.69. The predicted molar refractivity (Wildman–Crippen MR) is 88.0 cm³/mol. The average Bonchev–Trinajstić information content (AvgIpc) is 2.41. The van der Waals surface area contributed by atoms with Crippen LogP contribution in [-0.4, -0.2) is 16.1 Å². The molecule has 0 atom stereocenters. The highest BCUT2D eigenvalue weighted by Crippen LogP contribution is 2.33. The first-order valence-corrected chi connectivity index (χ1v) is 7.61. The Hall–Kier alpha value is -1.30. The Bertz CT molecular complexity index is 708. The number of aromatic nitrogens is 1. The van der Waals surface area contributed by atoms with Gasteiger partial charge in [0.1, 0.15) is 10.7 Å². The van der Waals surface area contributed by atoms with E-state index in [0.717, 1.165) is 4.47 Å². The van der Waals surface area contributed by atoms with Crippen molar-refractivity contribution in [2.75, 3.05) is 5.32 Å². The Balaban J connectivity index is 2.56. The number of aromatic carboxylic acids is 1. The lowest BCUT2D eigenvalue weighted by Crippen LogP contribution is -2.07. The summed E-state index contributed by atoms with van der Waals surface area (Å²) in [5, 5.41) is 13.1. The van der Waals surface area contributed by atoms with Crippen molar-refractivity contribution in [3.63, 3.8) is 0 Å². The van der Waals surface area contributed by atoms with Crippen LogP contribution in [0.2, 0.25) is 10.2 Å². The van der Waals surface area contributed by atoms with Crippen molar-refractivity contribution in [1.82, 2.24) is 4.98 Å². The number of carboxylic acid groups (broad SMARTS) is 1. The van der Waals surface area contributed by atoms with E-state index in [1.54, 1.807) is 12.1 Å². The monoisotopic (exact) mass is 388 g/mol. The van der Waals surface area contributed by atoms with Gasteiger partial charge in [-0.3, -0.25) is 0 Å². The van der Waals surface area contributed by atoms with Gasteiger partial charge in [0.25, 0.3) is 0 Å². The van der Waals surface area contributed by atoms with Gasteiger partial charge in [0, 0.05) is 16.2 Å². The molecule has 0 amide bonds. The van der Waals surface area contributed by atoms with Gasteiger partial charge in [-0.2, -0.15) is 0 Å². The molecule has 2 N–H and O–H groups in total. The van der Waals surface area contributed by atoms with Gasteiger partial charge in [-0.15, -0.1) is 0 Å². The van der Waals surface area contributed by atoms with Gasteiger partial charge in [0.2, 0.25) is 0 Å². The number of carbonyl (C=O) groups is 1. The fourth-order valence-corrected chi connectivity index (χ4v) is 2.88. The quantitative estimate of drug-likeness (QED) is 0.709. The molecule has 0 aliphatic carbocycles. The van der Waals surface area contributed by atoms with Crippen LogP contribution < -0.4 is 5.32 Å². The highest BCUT2D eigenvalue weighted by atomic mass is 79.9. The maximum Gasteiger partial charge on any atom is 0.339 e. The predicted octanol–water partition coefficient (Wildman–Crippen LogP) is 5.16. The third kappa shape index (κ3) is 3.48. The largest absolute Gasteiger partial charge is 0.478 e. The second-order valence-electron chi connectivity index (χ2n) is 4.22. The van der Waals surface area contributed by atoms with Crippen molar-refractivity contribution >= 4 is 56.5 Å². The molecule has 0 fully saturated rings. The molecule has 1 heterocycles. The van der Waals surface area contributed by atoms with Crippen LogP contribution in [-0.2, 0) is 6.42 Å². The number of hydrogen-bond acceptors (Lipinski definition) is 3. The SMILES string of the molecule is CCc1c(Cl)ncc(C(=O)O)c1Nc1ccc(Br)cc1Cl. The second-order valence-corrected chi connectivity index (χ2v) is 5.91. The first kappa shape index (κ1) is 16.1. The van der Waals surface area contributed by atoms with E-state index in [9.17, 15) is 9.90 Å². The number of benzene rings is 1. The summed E-state index contributed by atoms with van der Waals surface area (Å²) in [5.74, 6) is -1.08. The minimum Gasteiger partial charge on any atom is -0.478 e. The van der Waals surface area contributed by atoms with Crippen LogP contribution in [0.4, 0.5) is 11.4 Å². The van der Waals surface area contributed by atoms with Gasteiger partial charge in [-0.05, 0) is 24.6 Å². The molecule has 7 heteroatoms. The lowest BCUT2D eigenvalue weighted by molar-refractivity contribution is 0.0697. The summed E-state index contributed by atoms with van der Waals surface area (Å²) in [6.45, 7) is 1.88. The highest BCUT2D eigenvalue weighted by Gasteiger charge is 2.18. The number of nitrogens with zero attached hydrogens (tertiary/aromatic N) is 1. The van der Waals surface area contributed by atoms with E-state index in [0.29, 0.717) is 28.4 Å². The molecule has 4 nitrogen and oxygen atoms in total. The van der Waals surface area contributed by atoms with E-state index in [2.05, 4.69) is 26.2 Å². The summed E-state index contributed by atoms with van der Waals surface area (Å²) >= 11 is 15.5. The minimum atomic E-state index is -1.08. The fourth-order valence-electron chi connectivity index (χ4n) is 1.88. The molecule has 2 rings (SSSR count). The Labute approximate surface area is 140 Å². The van der Waals surface area contributed by atoms with Gasteiger partial charge < -0.3 is 10.4 Å². The van der Waals surface area contributed by atoms with Crippen molar-refractivity contribution in [3.05, 3.63) is 50.2 Å². The first-order chi connectivity index (χ1) is 9.93. The number of anilines is 2. The van der Waals surface area contributed by atoms with Crippen molar-refractivity contribution in [1.29, 1.82) is 0 Å². The van der Waals surface area contributed by atoms with Crippen molar-refractivity contribution < 1.29 is 9.90 Å². The molecule has 110 valence electrons. The van der Waals surface area contributed by atoms with Crippen LogP contribution in [0.25, 0.3) is 0 Å². The van der Waals surface area contributed by atoms with Crippen LogP contribution >= 0.6 is 39.1 Å². The second kappa shape index (κ2) is 6.64. The normalized spacial score (nSPS) is 10.5. The number of pyridine rings is 1. The van der Waals surface area contributed by atoms with E-state index in [4.69, 9.17) is 23.2 Å². The molecule has 0 saturated carbocycles. The Morgan fingerprint density at radius 3 is 2.71 bits per heavy atom. The third-order valence-corrected chi connectivity index (χ3v) is 4.03. The van der Waals surface area contributed by atoms with E-state index < -0.39 is 5.97 Å². The standard InChI is InChI=1S/C14H11BrCl2N2O2/c1-2-8-12(9(14(20)21)6-18-13(8)17)19-11-4-3-7(15)5-10(11)16/h3-6H,2H2,1H3,(H,18,19)(H,20,21). The molecule has 1 aromatic carbocycles. The van der Waals surface area contributed by atoms with Gasteiger partial charge in [0.15, 0.2) is 0 Å². The third-order valence-electron chi connectivity index (χ3n) is 2.90. The Morgan fingerprint density at radius 2 is 2.14 bits per heavy atom. The van der Waals surface area contributed by atoms with E-state index in [-0.39, 0.29) is 10.7 Å². The van der Waals surface area contributed by atoms with Crippen LogP contribution in [0, 0.1) is 0 Å². The zero-order chi connectivity index (χ0) is 15.6. The maximum atomic E-state index is 11.4. The number of nitrogens with one attached hydrogen (secondary N) is 1. The molecule has 0 saturated heterocycles. The summed E-state index contributed by atoms with van der Waals surface area (Å²) in [6.07, 6.45) is 1.78. The number of carboxylic acids is 1. The molecule has 0 aliphatic heterocycles. The molecule has 21 heavy (non-hydrogen) atoms. The van der Waals surface area contributed by atoms with Gasteiger partial charge in [-0.25, -0.2) is 9.78 Å². The van der Waals surface area contributed by atoms with Crippen molar-refractivity contribution in [2.45, 2.75) is 13.3 Å². The van der Waals surface area contributed by atoms with Crippen LogP contribution in [0.15, 0.2) is 28.9 Å². The minimum absolute atomic E-state index is 0.0511. The maximum absolute atomic E-state index is 11.4. The zero-order valence-corrected chi connectivity index (χ0v) is 14.1. The van der Waals surface area contributed by atoms with Crippen LogP contribution in [0.5, 0.6) is 0 Å². The number of rotatable bonds is 4. The first-order valence-electron chi connectivity index (χ1n) is 6.06. The summed E-state index contributed by atoms with van der Waals surface area (Å²) in [7, 11) is 0. The Kier molecular flexibility index (Phi) is 5.08. The zero-order valence-electron chi connectivity index (χ0n) is 11.0. The van der Waals surface area contributed by atoms with Gasteiger partial charge >= 0.3 is 5.97 Å². The van der Waals surface area contributed by atoms with E-state index in [1.807, 2.05) is 13.0 Å². The molecule has 1 aromatic heterocycles. The van der Waals surface area contributed by atoms with Gasteiger partial charge in [-0.1, -0.05) is 46.1 Å². The smallest absolute Gasteiger partial charge is 0.339 e. The highest BCUT2D eigenvalue weighted by molar-refractivity contribution is 9.10. The summed E-state index contributed by atoms with van der Waals surface area (Å²) in [6, 6.07) is 5.29. The molecule has 0 aliphatic rings. The van der Waals surface area contributed by atoms with Crippen molar-refractivity contribution in [3.8, 4) is 0 Å². The van der Waals surface area contributed by atoms with E-state index in [1.165, 1.54) is 6.20 Å². The lowest BCUT2D eigenvalue weighted by Gasteiger charge is -2.15. The summed E-state index contributed by atoms with van der Waals surface area (Å²) < 4.78 is 0.833. The van der Waals surface area contributed by atoms with Crippen LogP contribution in [0.3, 0.4) is 0 Å². The molecule has 0 unspecified atom stereocenters. The average molecular weight is 390 g/mol. The Morgan fingerprint density at radius 1 is 1.43 bits per heavy atom. The lowest BCUT2D eigenvalue weighted by atomic mass is 10.1. The molecular weight excluding hydrogens is 379 g/mol. The number of hydrogen-bond donors (Lipinski definition) is 2. The van der Waals surface area contributed by atoms with E-state index >= 15 is 0 Å². The molecule has 2 aromatic rings. The summed E-state index contributed by atoms with van der Waals surface area (Å²) in [4.78, 5) is 15.3. The van der Waals surface area contributed by atoms with Crippen molar-refractivity contribution in [2.24, 2.45) is 0 Å². The topological polar surface area (TPSA) is 62.2 Å². The number of halogens is 3.